The molecular formula is C15H17FN2O. The standard InChI is InChI=1S/C15H17FN2O/c1-3-11-5-4-6-14(7-11)19-15-12(9-17-2)8-13(16)10-18-15/h4-8,10,17H,3,9H2,1-2H3. The number of aryl methyl sites for hydroxylation is 1. The van der Waals surface area contributed by atoms with Crippen molar-refractivity contribution in [1.29, 1.82) is 0 Å². The van der Waals surface area contributed by atoms with Crippen LogP contribution in [-0.4, -0.2) is 12.0 Å². The number of nitrogens with zero attached hydrogens (tertiary/aromatic N) is 1. The number of pyridine rings is 1. The van der Waals surface area contributed by atoms with Crippen LogP contribution in [0.3, 0.4) is 0 Å². The first-order chi connectivity index (χ1) is 9.22. The fourth-order valence-corrected chi connectivity index (χ4v) is 1.82. The van der Waals surface area contributed by atoms with Gasteiger partial charge in [-0.15, -0.1) is 0 Å². The van der Waals surface area contributed by atoms with Crippen molar-refractivity contribution in [1.82, 2.24) is 10.3 Å². The predicted octanol–water partition coefficient (Wildman–Crippen LogP) is 3.29. The van der Waals surface area contributed by atoms with Crippen molar-refractivity contribution in [3.63, 3.8) is 0 Å². The van der Waals surface area contributed by atoms with Crippen molar-refractivity contribution in [3.05, 3.63) is 53.5 Å². The molecule has 0 spiro atoms. The fraction of sp³-hybridized carbons (Fsp3) is 0.267. The van der Waals surface area contributed by atoms with Crippen LogP contribution in [0.5, 0.6) is 11.6 Å². The van der Waals surface area contributed by atoms with E-state index in [2.05, 4.69) is 17.2 Å². The molecule has 2 rings (SSSR count). The van der Waals surface area contributed by atoms with E-state index in [4.69, 9.17) is 4.74 Å². The molecule has 19 heavy (non-hydrogen) atoms. The van der Waals surface area contributed by atoms with E-state index >= 15 is 0 Å². The third-order valence-electron chi connectivity index (χ3n) is 2.78. The first kappa shape index (κ1) is 13.5. The van der Waals surface area contributed by atoms with Crippen molar-refractivity contribution in [2.75, 3.05) is 7.05 Å². The molecule has 0 saturated heterocycles. The summed E-state index contributed by atoms with van der Waals surface area (Å²) in [5.41, 5.74) is 1.89. The van der Waals surface area contributed by atoms with Gasteiger partial charge < -0.3 is 10.1 Å². The summed E-state index contributed by atoms with van der Waals surface area (Å²) in [6.45, 7) is 2.59. The molecule has 0 saturated carbocycles. The van der Waals surface area contributed by atoms with Gasteiger partial charge in [-0.1, -0.05) is 19.1 Å². The summed E-state index contributed by atoms with van der Waals surface area (Å²) in [4.78, 5) is 4.01. The SMILES string of the molecule is CCc1cccc(Oc2ncc(F)cc2CNC)c1. The molecule has 0 aliphatic carbocycles. The monoisotopic (exact) mass is 260 g/mol. The van der Waals surface area contributed by atoms with Crippen molar-refractivity contribution in [2.45, 2.75) is 19.9 Å². The zero-order valence-corrected chi connectivity index (χ0v) is 11.1. The van der Waals surface area contributed by atoms with E-state index < -0.39 is 0 Å². The van der Waals surface area contributed by atoms with Gasteiger partial charge in [-0.2, -0.15) is 0 Å². The van der Waals surface area contributed by atoms with E-state index in [9.17, 15) is 4.39 Å². The van der Waals surface area contributed by atoms with Crippen LogP contribution < -0.4 is 10.1 Å². The zero-order valence-electron chi connectivity index (χ0n) is 11.1. The first-order valence-corrected chi connectivity index (χ1v) is 6.28. The van der Waals surface area contributed by atoms with Gasteiger partial charge in [0.05, 0.1) is 6.20 Å². The van der Waals surface area contributed by atoms with Gasteiger partial charge in [0, 0.05) is 12.1 Å². The van der Waals surface area contributed by atoms with Crippen molar-refractivity contribution < 1.29 is 9.13 Å². The van der Waals surface area contributed by atoms with E-state index in [0.717, 1.165) is 18.4 Å². The van der Waals surface area contributed by atoms with Crippen molar-refractivity contribution in [2.24, 2.45) is 0 Å². The van der Waals surface area contributed by atoms with E-state index in [1.165, 1.54) is 11.6 Å². The Morgan fingerprint density at radius 3 is 2.89 bits per heavy atom. The number of nitrogens with one attached hydrogen (secondary N) is 1. The molecule has 0 unspecified atom stereocenters. The molecule has 0 bridgehead atoms. The van der Waals surface area contributed by atoms with Gasteiger partial charge in [-0.05, 0) is 37.2 Å². The smallest absolute Gasteiger partial charge is 0.223 e. The van der Waals surface area contributed by atoms with Crippen LogP contribution in [0.2, 0.25) is 0 Å². The highest BCUT2D eigenvalue weighted by molar-refractivity contribution is 5.34. The summed E-state index contributed by atoms with van der Waals surface area (Å²) in [7, 11) is 1.80. The number of hydrogen-bond acceptors (Lipinski definition) is 3. The quantitative estimate of drug-likeness (QED) is 0.895. The molecule has 1 N–H and O–H groups in total. The summed E-state index contributed by atoms with van der Waals surface area (Å²) in [6.07, 6.45) is 2.11. The van der Waals surface area contributed by atoms with Gasteiger partial charge in [0.25, 0.3) is 0 Å². The largest absolute Gasteiger partial charge is 0.439 e. The van der Waals surface area contributed by atoms with Crippen LogP contribution in [0, 0.1) is 5.82 Å². The van der Waals surface area contributed by atoms with Crippen LogP contribution in [-0.2, 0) is 13.0 Å². The molecule has 1 aromatic heterocycles. The first-order valence-electron chi connectivity index (χ1n) is 6.28. The van der Waals surface area contributed by atoms with E-state index in [-0.39, 0.29) is 5.82 Å². The Labute approximate surface area is 112 Å². The Balaban J connectivity index is 2.26. The van der Waals surface area contributed by atoms with Gasteiger partial charge in [-0.3, -0.25) is 0 Å². The summed E-state index contributed by atoms with van der Waals surface area (Å²) in [6, 6.07) is 9.25. The second kappa shape index (κ2) is 6.29. The Bertz CT molecular complexity index is 558. The lowest BCUT2D eigenvalue weighted by Gasteiger charge is -2.10. The molecule has 1 heterocycles. The predicted molar refractivity (Wildman–Crippen MR) is 72.9 cm³/mol. The maximum absolute atomic E-state index is 13.2. The summed E-state index contributed by atoms with van der Waals surface area (Å²) >= 11 is 0. The lowest BCUT2D eigenvalue weighted by molar-refractivity contribution is 0.449. The average Bonchev–Trinajstić information content (AvgIpc) is 2.42. The number of ether oxygens (including phenoxy) is 1. The molecule has 100 valence electrons. The third-order valence-corrected chi connectivity index (χ3v) is 2.78. The maximum Gasteiger partial charge on any atom is 0.223 e. The molecule has 0 radical (unpaired) electrons. The maximum atomic E-state index is 13.2. The normalized spacial score (nSPS) is 10.5. The highest BCUT2D eigenvalue weighted by Gasteiger charge is 2.08. The van der Waals surface area contributed by atoms with Crippen LogP contribution in [0.15, 0.2) is 36.5 Å². The molecule has 0 aliphatic rings. The summed E-state index contributed by atoms with van der Waals surface area (Å²) in [5, 5.41) is 2.97. The van der Waals surface area contributed by atoms with Gasteiger partial charge in [0.1, 0.15) is 11.6 Å². The molecular weight excluding hydrogens is 243 g/mol. The molecule has 1 aromatic carbocycles. The molecule has 0 fully saturated rings. The van der Waals surface area contributed by atoms with Crippen molar-refractivity contribution in [3.8, 4) is 11.6 Å². The van der Waals surface area contributed by atoms with Crippen LogP contribution in [0.25, 0.3) is 0 Å². The molecule has 0 aliphatic heterocycles. The molecule has 2 aromatic rings. The minimum atomic E-state index is -0.361. The van der Waals surface area contributed by atoms with Gasteiger partial charge in [0.15, 0.2) is 0 Å². The van der Waals surface area contributed by atoms with E-state index in [1.54, 1.807) is 7.05 Å². The lowest BCUT2D eigenvalue weighted by Crippen LogP contribution is -2.07. The highest BCUT2D eigenvalue weighted by Crippen LogP contribution is 2.24. The average molecular weight is 260 g/mol. The number of hydrogen-bond donors (Lipinski definition) is 1. The van der Waals surface area contributed by atoms with Gasteiger partial charge in [0.2, 0.25) is 5.88 Å². The second-order valence-electron chi connectivity index (χ2n) is 4.25. The Hall–Kier alpha value is -1.94. The number of rotatable bonds is 5. The number of aromatic nitrogens is 1. The zero-order chi connectivity index (χ0) is 13.7. The Morgan fingerprint density at radius 2 is 2.16 bits per heavy atom. The minimum absolute atomic E-state index is 0.361. The molecule has 0 amide bonds. The highest BCUT2D eigenvalue weighted by atomic mass is 19.1. The molecule has 0 atom stereocenters. The topological polar surface area (TPSA) is 34.1 Å². The summed E-state index contributed by atoms with van der Waals surface area (Å²) < 4.78 is 18.9. The summed E-state index contributed by atoms with van der Waals surface area (Å²) in [5.74, 6) is 0.791. The minimum Gasteiger partial charge on any atom is -0.439 e. The van der Waals surface area contributed by atoms with Crippen molar-refractivity contribution >= 4 is 0 Å². The molecule has 3 nitrogen and oxygen atoms in total. The Kier molecular flexibility index (Phi) is 4.47. The van der Waals surface area contributed by atoms with Gasteiger partial charge in [-0.25, -0.2) is 9.37 Å². The van der Waals surface area contributed by atoms with Crippen LogP contribution in [0.1, 0.15) is 18.1 Å². The van der Waals surface area contributed by atoms with E-state index in [1.807, 2.05) is 24.3 Å². The van der Waals surface area contributed by atoms with Crippen LogP contribution in [0.4, 0.5) is 4.39 Å². The Morgan fingerprint density at radius 1 is 1.32 bits per heavy atom. The molecule has 4 heteroatoms. The fourth-order valence-electron chi connectivity index (χ4n) is 1.82. The number of halogens is 1. The van der Waals surface area contributed by atoms with Gasteiger partial charge >= 0.3 is 0 Å². The third kappa shape index (κ3) is 3.51. The number of benzene rings is 1. The van der Waals surface area contributed by atoms with Crippen LogP contribution >= 0.6 is 0 Å². The second-order valence-corrected chi connectivity index (χ2v) is 4.25. The lowest BCUT2D eigenvalue weighted by atomic mass is 10.2. The van der Waals surface area contributed by atoms with E-state index in [0.29, 0.717) is 18.0 Å².